The van der Waals surface area contributed by atoms with Crippen molar-refractivity contribution in [1.29, 1.82) is 5.26 Å². The van der Waals surface area contributed by atoms with Crippen molar-refractivity contribution in [3.8, 4) is 11.8 Å². The second kappa shape index (κ2) is 6.57. The molecule has 0 bridgehead atoms. The van der Waals surface area contributed by atoms with Gasteiger partial charge in [0, 0.05) is 21.4 Å². The molecule has 0 atom stereocenters. The Kier molecular flexibility index (Phi) is 4.79. The lowest BCUT2D eigenvalue weighted by Gasteiger charge is -2.12. The number of nitrogens with zero attached hydrogens (tertiary/aromatic N) is 1. The smallest absolute Gasteiger partial charge is 0.124 e. The summed E-state index contributed by atoms with van der Waals surface area (Å²) < 4.78 is 19.1. The summed E-state index contributed by atoms with van der Waals surface area (Å²) in [7, 11) is 1.59. The van der Waals surface area contributed by atoms with Gasteiger partial charge in [0.2, 0.25) is 0 Å². The van der Waals surface area contributed by atoms with Crippen molar-refractivity contribution < 1.29 is 9.13 Å². The number of methoxy groups -OCH3 is 1. The highest BCUT2D eigenvalue weighted by Gasteiger charge is 2.06. The van der Waals surface area contributed by atoms with Crippen LogP contribution in [-0.4, -0.2) is 7.11 Å². The van der Waals surface area contributed by atoms with Gasteiger partial charge in [-0.05, 0) is 59.0 Å². The fraction of sp³-hybridized carbons (Fsp3) is 0.133. The van der Waals surface area contributed by atoms with E-state index >= 15 is 0 Å². The van der Waals surface area contributed by atoms with Crippen molar-refractivity contribution in [1.82, 2.24) is 0 Å². The number of nitriles is 1. The number of ether oxygens (including phenoxy) is 1. The van der Waals surface area contributed by atoms with E-state index in [1.807, 2.05) is 0 Å². The Morgan fingerprint density at radius 2 is 2.10 bits per heavy atom. The molecule has 0 radical (unpaired) electrons. The first-order valence-corrected chi connectivity index (χ1v) is 6.98. The summed E-state index contributed by atoms with van der Waals surface area (Å²) in [4.78, 5) is 0. The third-order valence-corrected chi connectivity index (χ3v) is 3.70. The van der Waals surface area contributed by atoms with E-state index in [-0.39, 0.29) is 5.82 Å². The summed E-state index contributed by atoms with van der Waals surface area (Å²) in [5, 5.41) is 12.2. The maximum absolute atomic E-state index is 13.0. The van der Waals surface area contributed by atoms with Gasteiger partial charge >= 0.3 is 0 Å². The summed E-state index contributed by atoms with van der Waals surface area (Å²) in [6, 6.07) is 11.9. The summed E-state index contributed by atoms with van der Waals surface area (Å²) in [5.74, 6) is 0.456. The molecule has 0 saturated carbocycles. The molecule has 2 aromatic carbocycles. The Hall–Kier alpha value is -1.81. The van der Waals surface area contributed by atoms with E-state index in [2.05, 4.69) is 34.0 Å². The van der Waals surface area contributed by atoms with Gasteiger partial charge < -0.3 is 10.1 Å². The molecular formula is C15H12FIN2O. The molecule has 0 heterocycles. The lowest BCUT2D eigenvalue weighted by atomic mass is 10.1. The standard InChI is InChI=1S/C15H12FIN2O/c1-20-15-5-2-10(8-18)6-11(15)9-19-14-4-3-12(16)7-13(14)17/h2-7,19H,9H2,1H3. The SMILES string of the molecule is COc1ccc(C#N)cc1CNc1ccc(F)cc1I. The fourth-order valence-corrected chi connectivity index (χ4v) is 2.48. The molecule has 3 nitrogen and oxygen atoms in total. The van der Waals surface area contributed by atoms with Crippen LogP contribution in [0.4, 0.5) is 10.1 Å². The molecule has 5 heteroatoms. The third kappa shape index (κ3) is 3.39. The first kappa shape index (κ1) is 14.6. The zero-order valence-corrected chi connectivity index (χ0v) is 12.9. The molecule has 20 heavy (non-hydrogen) atoms. The minimum atomic E-state index is -0.260. The van der Waals surface area contributed by atoms with Gasteiger partial charge in [0.15, 0.2) is 0 Å². The number of hydrogen-bond donors (Lipinski definition) is 1. The molecule has 0 aromatic heterocycles. The molecule has 0 amide bonds. The minimum Gasteiger partial charge on any atom is -0.496 e. The van der Waals surface area contributed by atoms with E-state index in [9.17, 15) is 4.39 Å². The van der Waals surface area contributed by atoms with Crippen LogP contribution in [0.3, 0.4) is 0 Å². The van der Waals surface area contributed by atoms with Gasteiger partial charge in [-0.3, -0.25) is 0 Å². The molecule has 2 rings (SSSR count). The fourth-order valence-electron chi connectivity index (χ4n) is 1.81. The molecule has 0 fully saturated rings. The monoisotopic (exact) mass is 382 g/mol. The van der Waals surface area contributed by atoms with Crippen LogP contribution < -0.4 is 10.1 Å². The van der Waals surface area contributed by atoms with Crippen LogP contribution >= 0.6 is 22.6 Å². The summed E-state index contributed by atoms with van der Waals surface area (Å²) in [6.45, 7) is 0.500. The van der Waals surface area contributed by atoms with Crippen LogP contribution in [0.15, 0.2) is 36.4 Å². The molecule has 102 valence electrons. The van der Waals surface area contributed by atoms with Gasteiger partial charge in [0.25, 0.3) is 0 Å². The Morgan fingerprint density at radius 3 is 2.75 bits per heavy atom. The van der Waals surface area contributed by atoms with Crippen molar-refractivity contribution in [2.24, 2.45) is 0 Å². The molecule has 0 aliphatic rings. The Bertz CT molecular complexity index is 667. The number of hydrogen-bond acceptors (Lipinski definition) is 3. The second-order valence-corrected chi connectivity index (χ2v) is 5.28. The summed E-state index contributed by atoms with van der Waals surface area (Å²) in [5.41, 5.74) is 2.31. The maximum Gasteiger partial charge on any atom is 0.124 e. The van der Waals surface area contributed by atoms with Crippen LogP contribution in [-0.2, 0) is 6.54 Å². The molecule has 1 N–H and O–H groups in total. The number of benzene rings is 2. The maximum atomic E-state index is 13.0. The molecule has 0 aliphatic heterocycles. The predicted molar refractivity (Wildman–Crippen MR) is 84.2 cm³/mol. The lowest BCUT2D eigenvalue weighted by Crippen LogP contribution is -2.03. The van der Waals surface area contributed by atoms with E-state index in [1.165, 1.54) is 12.1 Å². The zero-order chi connectivity index (χ0) is 14.5. The summed E-state index contributed by atoms with van der Waals surface area (Å²) in [6.07, 6.45) is 0. The molecule has 0 spiro atoms. The van der Waals surface area contributed by atoms with Gasteiger partial charge in [-0.2, -0.15) is 5.26 Å². The Morgan fingerprint density at radius 1 is 1.30 bits per heavy atom. The van der Waals surface area contributed by atoms with Crippen molar-refractivity contribution in [2.75, 3.05) is 12.4 Å². The van der Waals surface area contributed by atoms with Gasteiger partial charge in [-0.15, -0.1) is 0 Å². The number of nitrogens with one attached hydrogen (secondary N) is 1. The predicted octanol–water partition coefficient (Wildman–Crippen LogP) is 3.92. The van der Waals surface area contributed by atoms with Crippen LogP contribution in [0, 0.1) is 20.7 Å². The number of rotatable bonds is 4. The average molecular weight is 382 g/mol. The van der Waals surface area contributed by atoms with Gasteiger partial charge in [-0.1, -0.05) is 0 Å². The van der Waals surface area contributed by atoms with E-state index < -0.39 is 0 Å². The van der Waals surface area contributed by atoms with Crippen molar-refractivity contribution in [3.05, 3.63) is 56.9 Å². The molecular weight excluding hydrogens is 370 g/mol. The topological polar surface area (TPSA) is 45.0 Å². The number of halogens is 2. The van der Waals surface area contributed by atoms with Crippen molar-refractivity contribution in [3.63, 3.8) is 0 Å². The Labute approximate surface area is 130 Å². The van der Waals surface area contributed by atoms with Crippen LogP contribution in [0.2, 0.25) is 0 Å². The average Bonchev–Trinajstić information content (AvgIpc) is 2.46. The van der Waals surface area contributed by atoms with Crippen LogP contribution in [0.25, 0.3) is 0 Å². The molecule has 0 unspecified atom stereocenters. The lowest BCUT2D eigenvalue weighted by molar-refractivity contribution is 0.410. The largest absolute Gasteiger partial charge is 0.496 e. The van der Waals surface area contributed by atoms with Gasteiger partial charge in [0.1, 0.15) is 11.6 Å². The minimum absolute atomic E-state index is 0.260. The zero-order valence-electron chi connectivity index (χ0n) is 10.8. The normalized spacial score (nSPS) is 9.90. The van der Waals surface area contributed by atoms with Gasteiger partial charge in [0.05, 0.1) is 18.7 Å². The second-order valence-electron chi connectivity index (χ2n) is 4.12. The van der Waals surface area contributed by atoms with E-state index in [4.69, 9.17) is 10.00 Å². The molecule has 0 saturated heterocycles. The molecule has 2 aromatic rings. The Balaban J connectivity index is 2.20. The first-order valence-electron chi connectivity index (χ1n) is 5.90. The summed E-state index contributed by atoms with van der Waals surface area (Å²) >= 11 is 2.07. The molecule has 0 aliphatic carbocycles. The van der Waals surface area contributed by atoms with Crippen LogP contribution in [0.5, 0.6) is 5.75 Å². The number of anilines is 1. The highest BCUT2D eigenvalue weighted by atomic mass is 127. The van der Waals surface area contributed by atoms with E-state index in [0.717, 1.165) is 14.8 Å². The quantitative estimate of drug-likeness (QED) is 0.816. The van der Waals surface area contributed by atoms with Crippen LogP contribution in [0.1, 0.15) is 11.1 Å². The highest BCUT2D eigenvalue weighted by molar-refractivity contribution is 14.1. The van der Waals surface area contributed by atoms with Gasteiger partial charge in [-0.25, -0.2) is 4.39 Å². The van der Waals surface area contributed by atoms with Crippen molar-refractivity contribution >= 4 is 28.3 Å². The van der Waals surface area contributed by atoms with Crippen molar-refractivity contribution in [2.45, 2.75) is 6.54 Å². The van der Waals surface area contributed by atoms with E-state index in [0.29, 0.717) is 17.9 Å². The highest BCUT2D eigenvalue weighted by Crippen LogP contribution is 2.23. The third-order valence-electron chi connectivity index (χ3n) is 2.81. The first-order chi connectivity index (χ1) is 9.63. The van der Waals surface area contributed by atoms with E-state index in [1.54, 1.807) is 31.4 Å².